The fourth-order valence-electron chi connectivity index (χ4n) is 10.1. The Kier molecular flexibility index (Phi) is 7.92. The highest BCUT2D eigenvalue weighted by molar-refractivity contribution is 7.20. The van der Waals surface area contributed by atoms with E-state index in [0.29, 0.717) is 11.3 Å². The van der Waals surface area contributed by atoms with Crippen molar-refractivity contribution in [2.24, 2.45) is 0 Å². The van der Waals surface area contributed by atoms with E-state index in [0.717, 1.165) is 97.7 Å². The number of furan rings is 1. The molecule has 0 atom stereocenters. The van der Waals surface area contributed by atoms with Crippen LogP contribution in [0.15, 0.2) is 211 Å². The van der Waals surface area contributed by atoms with Crippen molar-refractivity contribution in [2.45, 2.75) is 0 Å². The molecule has 0 unspecified atom stereocenters. The van der Waals surface area contributed by atoms with Crippen LogP contribution < -0.4 is 20.7 Å². The average molecular weight is 807 g/mol. The molecule has 0 saturated heterocycles. The minimum Gasteiger partial charge on any atom is -0.456 e. The maximum absolute atomic E-state index is 10.9. The molecule has 0 fully saturated rings. The second kappa shape index (κ2) is 13.8. The number of rotatable bonds is 6. The predicted molar refractivity (Wildman–Crippen MR) is 257 cm³/mol. The summed E-state index contributed by atoms with van der Waals surface area (Å²) in [5.41, 5.74) is 8.76. The second-order valence-electron chi connectivity index (χ2n) is 15.9. The summed E-state index contributed by atoms with van der Waals surface area (Å²) >= 11 is 0. The van der Waals surface area contributed by atoms with Gasteiger partial charge in [-0.1, -0.05) is 145 Å². The summed E-state index contributed by atoms with van der Waals surface area (Å²) in [5.74, 6) is 0. The summed E-state index contributed by atoms with van der Waals surface area (Å²) in [7, 11) is -3.36. The lowest BCUT2D eigenvalue weighted by Gasteiger charge is -2.35. The molecule has 6 heteroatoms. The molecule has 288 valence electrons. The van der Waals surface area contributed by atoms with Crippen molar-refractivity contribution in [3.05, 3.63) is 223 Å². The summed E-state index contributed by atoms with van der Waals surface area (Å²) in [6, 6.07) is 74.8. The van der Waals surface area contributed by atoms with Gasteiger partial charge in [-0.05, 0) is 76.2 Å². The molecule has 12 rings (SSSR count). The van der Waals surface area contributed by atoms with Crippen LogP contribution in [0.25, 0.3) is 81.8 Å². The van der Waals surface area contributed by atoms with E-state index in [1.807, 2.05) is 24.3 Å². The number of benzene rings is 9. The van der Waals surface area contributed by atoms with Crippen LogP contribution in [0.2, 0.25) is 0 Å². The lowest BCUT2D eigenvalue weighted by atomic mass is 10.1. The Hall–Kier alpha value is -8.42. The minimum atomic E-state index is -3.36. The maximum atomic E-state index is 10.9. The molecule has 0 N–H and O–H groups in total. The van der Waals surface area contributed by atoms with Gasteiger partial charge in [0.05, 0.1) is 40.3 Å². The molecule has 0 amide bonds. The van der Waals surface area contributed by atoms with Gasteiger partial charge >= 0.3 is 0 Å². The number of para-hydroxylation sites is 4. The first-order chi connectivity index (χ1) is 30.6. The Morgan fingerprint density at radius 1 is 0.419 bits per heavy atom. The number of hydrogen-bond acceptors (Lipinski definition) is 2. The third-order valence-electron chi connectivity index (χ3n) is 12.6. The molecule has 12 aromatic rings. The van der Waals surface area contributed by atoms with E-state index in [1.165, 1.54) is 0 Å². The predicted octanol–water partition coefficient (Wildman–Crippen LogP) is 11.6. The van der Waals surface area contributed by atoms with Crippen LogP contribution >= 0.6 is 0 Å². The molecular formula is C56H34N4OSi. The van der Waals surface area contributed by atoms with Crippen molar-refractivity contribution in [3.63, 3.8) is 0 Å². The maximum Gasteiger partial charge on any atom is 0.189 e. The van der Waals surface area contributed by atoms with E-state index in [4.69, 9.17) is 11.0 Å². The highest BCUT2D eigenvalue weighted by Crippen LogP contribution is 2.39. The van der Waals surface area contributed by atoms with Gasteiger partial charge < -0.3 is 13.6 Å². The fraction of sp³-hybridized carbons (Fsp3) is 0. The zero-order valence-corrected chi connectivity index (χ0v) is 34.3. The highest BCUT2D eigenvalue weighted by Gasteiger charge is 2.42. The number of nitriles is 1. The monoisotopic (exact) mass is 806 g/mol. The number of hydrogen-bond donors (Lipinski definition) is 0. The molecule has 0 bridgehead atoms. The molecule has 0 spiro atoms. The van der Waals surface area contributed by atoms with Gasteiger partial charge in [-0.25, -0.2) is 4.85 Å². The Morgan fingerprint density at radius 2 is 0.919 bits per heavy atom. The summed E-state index contributed by atoms with van der Waals surface area (Å²) < 4.78 is 11.1. The zero-order chi connectivity index (χ0) is 41.4. The average Bonchev–Trinajstić information content (AvgIpc) is 3.99. The van der Waals surface area contributed by atoms with Crippen LogP contribution in [0.4, 0.5) is 5.69 Å². The topological polar surface area (TPSA) is 51.1 Å². The Morgan fingerprint density at radius 3 is 1.52 bits per heavy atom. The van der Waals surface area contributed by atoms with Gasteiger partial charge in [0.15, 0.2) is 13.8 Å². The molecule has 0 aliphatic rings. The van der Waals surface area contributed by atoms with Gasteiger partial charge in [-0.2, -0.15) is 5.26 Å². The standard InChI is InChI=1S/C56H34N4OSi/c1-58-38-30-40(60-53-26-14-10-22-47(53)49-34-50-48-23-11-15-27-55(48)61-56(50)35-54(49)60)33-44(31-38)62(41-16-4-2-5-17-41,42-18-6-3-7-19-42)43-29-37(36-57)28-39(32-43)59-51-24-12-8-20-45(51)46-21-9-13-25-52(46)59/h2-35H. The van der Waals surface area contributed by atoms with Crippen LogP contribution in [-0.2, 0) is 0 Å². The molecule has 3 heterocycles. The third-order valence-corrected chi connectivity index (χ3v) is 17.3. The van der Waals surface area contributed by atoms with E-state index in [9.17, 15) is 5.26 Å². The molecule has 0 saturated carbocycles. The lowest BCUT2D eigenvalue weighted by molar-refractivity contribution is 0.669. The smallest absolute Gasteiger partial charge is 0.189 e. The Labute approximate surface area is 358 Å². The molecular weight excluding hydrogens is 773 g/mol. The Balaban J connectivity index is 1.20. The van der Waals surface area contributed by atoms with E-state index in [2.05, 4.69) is 202 Å². The van der Waals surface area contributed by atoms with Crippen molar-refractivity contribution < 1.29 is 4.42 Å². The largest absolute Gasteiger partial charge is 0.456 e. The highest BCUT2D eigenvalue weighted by atomic mass is 28.3. The van der Waals surface area contributed by atoms with E-state index in [-0.39, 0.29) is 0 Å². The molecule has 9 aromatic carbocycles. The number of fused-ring (bicyclic) bond motifs is 9. The van der Waals surface area contributed by atoms with Crippen molar-refractivity contribution in [3.8, 4) is 17.4 Å². The SMILES string of the molecule is [C-]#[N+]c1cc(-n2c3ccccc3c3cc4c(cc32)oc2ccccc24)cc([Si](c2ccccc2)(c2ccccc2)c2cc(C#N)cc(-n3c4ccccc4c4ccccc43)c2)c1. The first kappa shape index (κ1) is 35.5. The van der Waals surface area contributed by atoms with Gasteiger partial charge in [-0.3, -0.25) is 0 Å². The number of aromatic nitrogens is 2. The van der Waals surface area contributed by atoms with Crippen LogP contribution in [-0.4, -0.2) is 17.2 Å². The van der Waals surface area contributed by atoms with Crippen molar-refractivity contribution in [1.29, 1.82) is 5.26 Å². The second-order valence-corrected chi connectivity index (χ2v) is 19.7. The van der Waals surface area contributed by atoms with Gasteiger partial charge in [0.1, 0.15) is 11.2 Å². The quantitative estimate of drug-likeness (QED) is 0.0955. The van der Waals surface area contributed by atoms with Gasteiger partial charge in [0, 0.05) is 49.8 Å². The van der Waals surface area contributed by atoms with Crippen molar-refractivity contribution in [2.75, 3.05) is 0 Å². The molecule has 5 nitrogen and oxygen atoms in total. The molecule has 62 heavy (non-hydrogen) atoms. The van der Waals surface area contributed by atoms with Crippen LogP contribution in [0.3, 0.4) is 0 Å². The van der Waals surface area contributed by atoms with Gasteiger partial charge in [-0.15, -0.1) is 0 Å². The molecule has 0 aliphatic carbocycles. The lowest BCUT2D eigenvalue weighted by Crippen LogP contribution is -2.74. The zero-order valence-electron chi connectivity index (χ0n) is 33.3. The summed E-state index contributed by atoms with van der Waals surface area (Å²) in [6.45, 7) is 8.59. The van der Waals surface area contributed by atoms with Crippen LogP contribution in [0, 0.1) is 17.9 Å². The summed E-state index contributed by atoms with van der Waals surface area (Å²) in [6.07, 6.45) is 0. The molecule has 0 aliphatic heterocycles. The number of nitrogens with zero attached hydrogens (tertiary/aromatic N) is 4. The third kappa shape index (κ3) is 5.18. The summed E-state index contributed by atoms with van der Waals surface area (Å²) in [5, 5.41) is 21.9. The van der Waals surface area contributed by atoms with E-state index >= 15 is 0 Å². The first-order valence-corrected chi connectivity index (χ1v) is 22.7. The van der Waals surface area contributed by atoms with E-state index in [1.54, 1.807) is 0 Å². The normalized spacial score (nSPS) is 11.8. The minimum absolute atomic E-state index is 0.538. The van der Waals surface area contributed by atoms with Crippen LogP contribution in [0.1, 0.15) is 5.56 Å². The van der Waals surface area contributed by atoms with Crippen molar-refractivity contribution >= 4 is 100 Å². The van der Waals surface area contributed by atoms with Crippen molar-refractivity contribution in [1.82, 2.24) is 9.13 Å². The molecule has 3 aromatic heterocycles. The van der Waals surface area contributed by atoms with Gasteiger partial charge in [0.2, 0.25) is 0 Å². The fourth-order valence-corrected chi connectivity index (χ4v) is 14.9. The van der Waals surface area contributed by atoms with Crippen LogP contribution in [0.5, 0.6) is 0 Å². The first-order valence-electron chi connectivity index (χ1n) is 20.7. The Bertz CT molecular complexity index is 3750. The summed E-state index contributed by atoms with van der Waals surface area (Å²) in [4.78, 5) is 4.18. The molecule has 0 radical (unpaired) electrons. The van der Waals surface area contributed by atoms with Gasteiger partial charge in [0.25, 0.3) is 0 Å². The van der Waals surface area contributed by atoms with E-state index < -0.39 is 8.07 Å².